The molecule has 0 unspecified atom stereocenters. The lowest BCUT2D eigenvalue weighted by Gasteiger charge is -2.24. The summed E-state index contributed by atoms with van der Waals surface area (Å²) in [5.41, 5.74) is 0. The third-order valence-electron chi connectivity index (χ3n) is 2.41. The van der Waals surface area contributed by atoms with E-state index in [0.717, 1.165) is 26.3 Å². The van der Waals surface area contributed by atoms with Gasteiger partial charge in [0, 0.05) is 19.1 Å². The van der Waals surface area contributed by atoms with E-state index in [1.54, 1.807) is 0 Å². The van der Waals surface area contributed by atoms with Gasteiger partial charge in [-0.15, -0.1) is 0 Å². The molecule has 0 bridgehead atoms. The van der Waals surface area contributed by atoms with Gasteiger partial charge in [-0.3, -0.25) is 0 Å². The maximum atomic E-state index is 5.27. The molecule has 0 spiro atoms. The van der Waals surface area contributed by atoms with Crippen LogP contribution in [0.4, 0.5) is 5.95 Å². The van der Waals surface area contributed by atoms with Gasteiger partial charge in [0.25, 0.3) is 5.95 Å². The lowest BCUT2D eigenvalue weighted by atomic mass is 10.4. The lowest BCUT2D eigenvalue weighted by molar-refractivity contribution is 0.121. The molecule has 1 saturated heterocycles. The quantitative estimate of drug-likeness (QED) is 0.802. The van der Waals surface area contributed by atoms with Gasteiger partial charge in [0.05, 0.1) is 19.8 Å². The normalized spacial score (nSPS) is 17.1. The van der Waals surface area contributed by atoms with E-state index in [2.05, 4.69) is 34.2 Å². The summed E-state index contributed by atoms with van der Waals surface area (Å²) in [7, 11) is 0. The SMILES string of the molecule is CC(C)NCc1nc(N2CCOCC2)no1. The van der Waals surface area contributed by atoms with Crippen molar-refractivity contribution in [2.45, 2.75) is 26.4 Å². The highest BCUT2D eigenvalue weighted by Crippen LogP contribution is 2.10. The minimum atomic E-state index is 0.415. The van der Waals surface area contributed by atoms with Crippen molar-refractivity contribution in [3.8, 4) is 0 Å². The number of aromatic nitrogens is 2. The highest BCUT2D eigenvalue weighted by Gasteiger charge is 2.16. The van der Waals surface area contributed by atoms with E-state index in [1.807, 2.05) is 0 Å². The first kappa shape index (κ1) is 11.3. The van der Waals surface area contributed by atoms with Gasteiger partial charge in [-0.1, -0.05) is 13.8 Å². The highest BCUT2D eigenvalue weighted by molar-refractivity contribution is 5.27. The fourth-order valence-corrected chi connectivity index (χ4v) is 1.50. The van der Waals surface area contributed by atoms with Gasteiger partial charge in [0.2, 0.25) is 5.89 Å². The molecule has 0 aromatic carbocycles. The number of nitrogens with one attached hydrogen (secondary N) is 1. The number of hydrogen-bond acceptors (Lipinski definition) is 6. The van der Waals surface area contributed by atoms with Crippen LogP contribution in [0.15, 0.2) is 4.52 Å². The Morgan fingerprint density at radius 3 is 2.81 bits per heavy atom. The van der Waals surface area contributed by atoms with E-state index < -0.39 is 0 Å². The zero-order valence-electron chi connectivity index (χ0n) is 9.77. The van der Waals surface area contributed by atoms with Crippen LogP contribution in [-0.2, 0) is 11.3 Å². The molecule has 6 heteroatoms. The second-order valence-corrected chi connectivity index (χ2v) is 4.12. The van der Waals surface area contributed by atoms with Crippen LogP contribution < -0.4 is 10.2 Å². The third kappa shape index (κ3) is 2.93. The Hall–Kier alpha value is -1.14. The van der Waals surface area contributed by atoms with Crippen molar-refractivity contribution in [1.82, 2.24) is 15.5 Å². The van der Waals surface area contributed by atoms with Crippen molar-refractivity contribution in [3.63, 3.8) is 0 Å². The van der Waals surface area contributed by atoms with Gasteiger partial charge in [-0.25, -0.2) is 0 Å². The number of nitrogens with zero attached hydrogens (tertiary/aromatic N) is 3. The molecule has 0 aliphatic carbocycles. The number of anilines is 1. The largest absolute Gasteiger partial charge is 0.378 e. The number of rotatable bonds is 4. The topological polar surface area (TPSA) is 63.4 Å². The van der Waals surface area contributed by atoms with Gasteiger partial charge >= 0.3 is 0 Å². The molecule has 90 valence electrons. The zero-order chi connectivity index (χ0) is 11.4. The van der Waals surface area contributed by atoms with Gasteiger partial charge in [-0.2, -0.15) is 4.98 Å². The summed E-state index contributed by atoms with van der Waals surface area (Å²) in [6.45, 7) is 7.91. The van der Waals surface area contributed by atoms with E-state index in [-0.39, 0.29) is 0 Å². The molecule has 1 N–H and O–H groups in total. The third-order valence-corrected chi connectivity index (χ3v) is 2.41. The Kier molecular flexibility index (Phi) is 3.74. The monoisotopic (exact) mass is 226 g/mol. The molecule has 2 heterocycles. The highest BCUT2D eigenvalue weighted by atomic mass is 16.5. The summed E-state index contributed by atoms with van der Waals surface area (Å²) in [5.74, 6) is 1.30. The second-order valence-electron chi connectivity index (χ2n) is 4.12. The zero-order valence-corrected chi connectivity index (χ0v) is 9.77. The van der Waals surface area contributed by atoms with E-state index in [1.165, 1.54) is 0 Å². The molecule has 16 heavy (non-hydrogen) atoms. The summed E-state index contributed by atoms with van der Waals surface area (Å²) >= 11 is 0. The molecule has 1 fully saturated rings. The molecule has 1 aromatic rings. The van der Waals surface area contributed by atoms with E-state index >= 15 is 0 Å². The summed E-state index contributed by atoms with van der Waals surface area (Å²) < 4.78 is 10.4. The van der Waals surface area contributed by atoms with Crippen molar-refractivity contribution < 1.29 is 9.26 Å². The van der Waals surface area contributed by atoms with Crippen molar-refractivity contribution in [2.24, 2.45) is 0 Å². The predicted molar refractivity (Wildman–Crippen MR) is 59.3 cm³/mol. The van der Waals surface area contributed by atoms with Crippen LogP contribution in [0.3, 0.4) is 0 Å². The first-order valence-electron chi connectivity index (χ1n) is 5.64. The van der Waals surface area contributed by atoms with Crippen molar-refractivity contribution in [3.05, 3.63) is 5.89 Å². The minimum absolute atomic E-state index is 0.415. The van der Waals surface area contributed by atoms with Crippen molar-refractivity contribution in [1.29, 1.82) is 0 Å². The van der Waals surface area contributed by atoms with E-state index in [9.17, 15) is 0 Å². The fraction of sp³-hybridized carbons (Fsp3) is 0.800. The molecule has 1 aliphatic rings. The molecule has 1 aliphatic heterocycles. The fourth-order valence-electron chi connectivity index (χ4n) is 1.50. The molecular weight excluding hydrogens is 208 g/mol. The molecular formula is C10H18N4O2. The summed E-state index contributed by atoms with van der Waals surface area (Å²) in [6, 6.07) is 0.415. The van der Waals surface area contributed by atoms with Crippen molar-refractivity contribution in [2.75, 3.05) is 31.2 Å². The van der Waals surface area contributed by atoms with Crippen LogP contribution >= 0.6 is 0 Å². The number of hydrogen-bond donors (Lipinski definition) is 1. The van der Waals surface area contributed by atoms with Gasteiger partial charge < -0.3 is 19.5 Å². The van der Waals surface area contributed by atoms with Gasteiger partial charge in [0.1, 0.15) is 0 Å². The number of morpholine rings is 1. The molecule has 0 amide bonds. The lowest BCUT2D eigenvalue weighted by Crippen LogP contribution is -2.36. The standard InChI is InChI=1S/C10H18N4O2/c1-8(2)11-7-9-12-10(13-16-9)14-3-5-15-6-4-14/h8,11H,3-7H2,1-2H3. The summed E-state index contributed by atoms with van der Waals surface area (Å²) in [5, 5.41) is 7.20. The first-order chi connectivity index (χ1) is 7.75. The molecule has 0 saturated carbocycles. The maximum Gasteiger partial charge on any atom is 0.266 e. The van der Waals surface area contributed by atoms with Crippen LogP contribution in [0.1, 0.15) is 19.7 Å². The average molecular weight is 226 g/mol. The Balaban J connectivity index is 1.90. The number of ether oxygens (including phenoxy) is 1. The van der Waals surface area contributed by atoms with Gasteiger partial charge in [-0.05, 0) is 5.16 Å². The van der Waals surface area contributed by atoms with Crippen LogP contribution in [0.25, 0.3) is 0 Å². The summed E-state index contributed by atoms with van der Waals surface area (Å²) in [4.78, 5) is 6.41. The summed E-state index contributed by atoms with van der Waals surface area (Å²) in [6.07, 6.45) is 0. The Bertz CT molecular complexity index is 320. The van der Waals surface area contributed by atoms with Crippen LogP contribution in [-0.4, -0.2) is 42.5 Å². The Labute approximate surface area is 95.0 Å². The van der Waals surface area contributed by atoms with Crippen molar-refractivity contribution >= 4 is 5.95 Å². The van der Waals surface area contributed by atoms with Crippen LogP contribution in [0, 0.1) is 0 Å². The molecule has 6 nitrogen and oxygen atoms in total. The minimum Gasteiger partial charge on any atom is -0.378 e. The molecule has 0 radical (unpaired) electrons. The Morgan fingerprint density at radius 2 is 2.12 bits per heavy atom. The average Bonchev–Trinajstić information content (AvgIpc) is 2.76. The smallest absolute Gasteiger partial charge is 0.266 e. The Morgan fingerprint density at radius 1 is 1.38 bits per heavy atom. The molecule has 2 rings (SSSR count). The molecule has 1 aromatic heterocycles. The predicted octanol–water partition coefficient (Wildman–Crippen LogP) is 0.404. The first-order valence-corrected chi connectivity index (χ1v) is 5.64. The van der Waals surface area contributed by atoms with Crippen LogP contribution in [0.2, 0.25) is 0 Å². The maximum absolute atomic E-state index is 5.27. The van der Waals surface area contributed by atoms with Gasteiger partial charge in [0.15, 0.2) is 0 Å². The van der Waals surface area contributed by atoms with E-state index in [4.69, 9.17) is 9.26 Å². The van der Waals surface area contributed by atoms with Crippen LogP contribution in [0.5, 0.6) is 0 Å². The van der Waals surface area contributed by atoms with E-state index in [0.29, 0.717) is 24.4 Å². The molecule has 0 atom stereocenters. The second kappa shape index (κ2) is 5.27.